The highest BCUT2D eigenvalue weighted by atomic mass is 32.1. The molecule has 0 radical (unpaired) electrons. The number of rotatable bonds is 3. The first-order valence-corrected chi connectivity index (χ1v) is 12.4. The molecular formula is C32H21NS. The Morgan fingerprint density at radius 3 is 1.94 bits per heavy atom. The lowest BCUT2D eigenvalue weighted by Crippen LogP contribution is -2.11. The summed E-state index contributed by atoms with van der Waals surface area (Å²) in [4.78, 5) is 2.43. The smallest absolute Gasteiger partial charge is 0.0547 e. The van der Waals surface area contributed by atoms with Gasteiger partial charge in [0.25, 0.3) is 0 Å². The largest absolute Gasteiger partial charge is 0.309 e. The zero-order valence-corrected chi connectivity index (χ0v) is 19.3. The predicted molar refractivity (Wildman–Crippen MR) is 149 cm³/mol. The van der Waals surface area contributed by atoms with Crippen molar-refractivity contribution >= 4 is 70.1 Å². The summed E-state index contributed by atoms with van der Waals surface area (Å²) in [5.41, 5.74) is 3.55. The van der Waals surface area contributed by atoms with Gasteiger partial charge in [0.15, 0.2) is 0 Å². The van der Waals surface area contributed by atoms with Crippen molar-refractivity contribution in [1.82, 2.24) is 0 Å². The Kier molecular flexibility index (Phi) is 4.39. The van der Waals surface area contributed by atoms with Gasteiger partial charge in [-0.05, 0) is 35.7 Å². The monoisotopic (exact) mass is 451 g/mol. The number of fused-ring (bicyclic) bond motifs is 6. The van der Waals surface area contributed by atoms with Gasteiger partial charge in [-0.2, -0.15) is 0 Å². The average molecular weight is 452 g/mol. The van der Waals surface area contributed by atoms with E-state index in [0.717, 1.165) is 5.69 Å². The zero-order valence-electron chi connectivity index (χ0n) is 18.5. The molecule has 1 heterocycles. The Hall–Kier alpha value is -4.14. The molecule has 0 aliphatic carbocycles. The Morgan fingerprint density at radius 2 is 1.09 bits per heavy atom. The first kappa shape index (κ1) is 19.3. The van der Waals surface area contributed by atoms with E-state index in [1.165, 1.54) is 53.1 Å². The number of para-hydroxylation sites is 1. The van der Waals surface area contributed by atoms with Crippen molar-refractivity contribution < 1.29 is 0 Å². The van der Waals surface area contributed by atoms with Crippen molar-refractivity contribution in [2.24, 2.45) is 0 Å². The molecule has 0 atom stereocenters. The fraction of sp³-hybridized carbons (Fsp3) is 0. The third-order valence-corrected chi connectivity index (χ3v) is 7.85. The van der Waals surface area contributed by atoms with Crippen LogP contribution in [0.25, 0.3) is 41.7 Å². The van der Waals surface area contributed by atoms with Crippen LogP contribution in [0.15, 0.2) is 127 Å². The lowest BCUT2D eigenvalue weighted by Gasteiger charge is -2.28. The van der Waals surface area contributed by atoms with E-state index in [1.54, 1.807) is 0 Å². The highest BCUT2D eigenvalue weighted by molar-refractivity contribution is 7.26. The molecule has 0 saturated heterocycles. The Balaban J connectivity index is 1.64. The molecular weight excluding hydrogens is 430 g/mol. The quantitative estimate of drug-likeness (QED) is 0.258. The maximum atomic E-state index is 2.43. The van der Waals surface area contributed by atoms with Crippen molar-refractivity contribution in [2.45, 2.75) is 0 Å². The highest BCUT2D eigenvalue weighted by Gasteiger charge is 2.20. The van der Waals surface area contributed by atoms with E-state index in [-0.39, 0.29) is 0 Å². The molecule has 7 rings (SSSR count). The minimum absolute atomic E-state index is 1.16. The van der Waals surface area contributed by atoms with Gasteiger partial charge in [-0.3, -0.25) is 0 Å². The molecule has 2 heteroatoms. The van der Waals surface area contributed by atoms with Gasteiger partial charge in [0.2, 0.25) is 0 Å². The average Bonchev–Trinajstić information content (AvgIpc) is 3.29. The van der Waals surface area contributed by atoms with Crippen molar-refractivity contribution in [3.8, 4) is 0 Å². The van der Waals surface area contributed by atoms with Crippen molar-refractivity contribution in [1.29, 1.82) is 0 Å². The molecule has 0 unspecified atom stereocenters. The normalized spacial score (nSPS) is 11.5. The maximum absolute atomic E-state index is 2.43. The lowest BCUT2D eigenvalue weighted by molar-refractivity contribution is 1.32. The second-order valence-corrected chi connectivity index (χ2v) is 9.64. The molecule has 34 heavy (non-hydrogen) atoms. The van der Waals surface area contributed by atoms with E-state index in [4.69, 9.17) is 0 Å². The molecule has 0 aliphatic rings. The van der Waals surface area contributed by atoms with Crippen LogP contribution in [0.3, 0.4) is 0 Å². The molecule has 0 saturated carbocycles. The van der Waals surface area contributed by atoms with Gasteiger partial charge in [-0.15, -0.1) is 11.3 Å². The molecule has 0 bridgehead atoms. The topological polar surface area (TPSA) is 3.24 Å². The molecule has 7 aromatic rings. The minimum atomic E-state index is 1.16. The van der Waals surface area contributed by atoms with Gasteiger partial charge in [0.05, 0.1) is 11.4 Å². The summed E-state index contributed by atoms with van der Waals surface area (Å²) in [6.07, 6.45) is 0. The molecule has 1 aromatic heterocycles. The van der Waals surface area contributed by atoms with E-state index in [9.17, 15) is 0 Å². The first-order chi connectivity index (χ1) is 16.9. The summed E-state index contributed by atoms with van der Waals surface area (Å²) < 4.78 is 2.68. The third-order valence-electron chi connectivity index (χ3n) is 6.63. The van der Waals surface area contributed by atoms with Crippen LogP contribution in [0.1, 0.15) is 0 Å². The number of thiophene rings is 1. The standard InChI is InChI=1S/C32H21NS/c1-2-13-23(14-3-1)33(29-19-10-12-22-11-4-5-15-24(22)29)30-21-28-26-17-8-9-20-31(26)34-32(28)27-18-7-6-16-25(27)30/h1-21H. The van der Waals surface area contributed by atoms with Crippen LogP contribution < -0.4 is 4.90 Å². The fourth-order valence-corrected chi connectivity index (χ4v) is 6.32. The summed E-state index contributed by atoms with van der Waals surface area (Å²) in [6.45, 7) is 0. The summed E-state index contributed by atoms with van der Waals surface area (Å²) in [7, 11) is 0. The van der Waals surface area contributed by atoms with Crippen LogP contribution in [0, 0.1) is 0 Å². The van der Waals surface area contributed by atoms with E-state index in [1.807, 2.05) is 11.3 Å². The minimum Gasteiger partial charge on any atom is -0.309 e. The van der Waals surface area contributed by atoms with Crippen LogP contribution in [0.2, 0.25) is 0 Å². The number of benzene rings is 6. The van der Waals surface area contributed by atoms with E-state index < -0.39 is 0 Å². The van der Waals surface area contributed by atoms with Crippen LogP contribution in [-0.2, 0) is 0 Å². The van der Waals surface area contributed by atoms with E-state index in [2.05, 4.69) is 132 Å². The van der Waals surface area contributed by atoms with Crippen molar-refractivity contribution in [3.63, 3.8) is 0 Å². The highest BCUT2D eigenvalue weighted by Crippen LogP contribution is 2.47. The van der Waals surface area contributed by atoms with Crippen LogP contribution >= 0.6 is 11.3 Å². The van der Waals surface area contributed by atoms with Crippen molar-refractivity contribution in [3.05, 3.63) is 127 Å². The number of hydrogen-bond acceptors (Lipinski definition) is 2. The number of hydrogen-bond donors (Lipinski definition) is 0. The molecule has 1 nitrogen and oxygen atoms in total. The van der Waals surface area contributed by atoms with Gasteiger partial charge in [0, 0.05) is 42.0 Å². The molecule has 0 aliphatic heterocycles. The van der Waals surface area contributed by atoms with Gasteiger partial charge in [0.1, 0.15) is 0 Å². The summed E-state index contributed by atoms with van der Waals surface area (Å²) in [5, 5.41) is 7.69. The second-order valence-electron chi connectivity index (χ2n) is 8.59. The zero-order chi connectivity index (χ0) is 22.5. The molecule has 0 spiro atoms. The summed E-state index contributed by atoms with van der Waals surface area (Å²) >= 11 is 1.89. The Bertz CT molecular complexity index is 1810. The van der Waals surface area contributed by atoms with E-state index in [0.29, 0.717) is 0 Å². The number of nitrogens with zero attached hydrogens (tertiary/aromatic N) is 1. The van der Waals surface area contributed by atoms with Crippen LogP contribution in [-0.4, -0.2) is 0 Å². The van der Waals surface area contributed by atoms with E-state index >= 15 is 0 Å². The van der Waals surface area contributed by atoms with Gasteiger partial charge < -0.3 is 4.90 Å². The molecule has 6 aromatic carbocycles. The Labute approximate surface area is 202 Å². The predicted octanol–water partition coefficient (Wildman–Crippen LogP) is 9.83. The molecule has 0 N–H and O–H groups in total. The second kappa shape index (κ2) is 7.72. The van der Waals surface area contributed by atoms with Crippen molar-refractivity contribution in [2.75, 3.05) is 4.90 Å². The van der Waals surface area contributed by atoms with Crippen LogP contribution in [0.4, 0.5) is 17.1 Å². The number of anilines is 3. The molecule has 160 valence electrons. The first-order valence-electron chi connectivity index (χ1n) is 11.5. The van der Waals surface area contributed by atoms with Gasteiger partial charge in [-0.25, -0.2) is 0 Å². The van der Waals surface area contributed by atoms with Gasteiger partial charge in [-0.1, -0.05) is 97.1 Å². The molecule has 0 amide bonds. The maximum Gasteiger partial charge on any atom is 0.0547 e. The Morgan fingerprint density at radius 1 is 0.441 bits per heavy atom. The SMILES string of the molecule is c1ccc(N(c2cccc3ccccc23)c2cc3c4ccccc4sc3c3ccccc23)cc1. The molecule has 0 fully saturated rings. The lowest BCUT2D eigenvalue weighted by atomic mass is 10.0. The summed E-state index contributed by atoms with van der Waals surface area (Å²) in [5.74, 6) is 0. The van der Waals surface area contributed by atoms with Gasteiger partial charge >= 0.3 is 0 Å². The summed E-state index contributed by atoms with van der Waals surface area (Å²) in [6, 6.07) is 45.9. The fourth-order valence-electron chi connectivity index (χ4n) is 5.10. The third kappa shape index (κ3) is 2.93. The van der Waals surface area contributed by atoms with Crippen LogP contribution in [0.5, 0.6) is 0 Å².